The Balaban J connectivity index is 2.89. The van der Waals surface area contributed by atoms with Gasteiger partial charge in [-0.3, -0.25) is 4.98 Å². The van der Waals surface area contributed by atoms with Gasteiger partial charge in [-0.25, -0.2) is 0 Å². The lowest BCUT2D eigenvalue weighted by atomic mass is 10.1. The number of rotatable bonds is 3. The Morgan fingerprint density at radius 1 is 1.43 bits per heavy atom. The molecule has 0 spiro atoms. The highest BCUT2D eigenvalue weighted by Crippen LogP contribution is 2.06. The number of aliphatic imine (C=N–C) groups is 1. The standard InChI is InChI=1S/C11H15N3/c1-8-6-10(7-9(2)14-8)11(12)4-5-13-3/h5-7,12H,4H2,1-3H3. The van der Waals surface area contributed by atoms with Gasteiger partial charge in [0.2, 0.25) is 0 Å². The first kappa shape index (κ1) is 10.6. The average Bonchev–Trinajstić information content (AvgIpc) is 2.12. The van der Waals surface area contributed by atoms with Crippen LogP contribution in [0.5, 0.6) is 0 Å². The molecular weight excluding hydrogens is 174 g/mol. The van der Waals surface area contributed by atoms with Crippen LogP contribution in [-0.4, -0.2) is 24.0 Å². The minimum atomic E-state index is 0.583. The van der Waals surface area contributed by atoms with Crippen LogP contribution in [0.1, 0.15) is 23.4 Å². The average molecular weight is 189 g/mol. The Bertz CT molecular complexity index is 347. The Hall–Kier alpha value is -1.51. The second kappa shape index (κ2) is 4.65. The van der Waals surface area contributed by atoms with Crippen LogP contribution in [0.3, 0.4) is 0 Å². The van der Waals surface area contributed by atoms with Crippen LogP contribution in [0.2, 0.25) is 0 Å². The summed E-state index contributed by atoms with van der Waals surface area (Å²) in [5.74, 6) is 0. The Labute approximate surface area is 84.4 Å². The molecule has 1 rings (SSSR count). The molecule has 14 heavy (non-hydrogen) atoms. The topological polar surface area (TPSA) is 49.1 Å². The van der Waals surface area contributed by atoms with Crippen molar-refractivity contribution in [1.82, 2.24) is 4.98 Å². The molecule has 0 radical (unpaired) electrons. The lowest BCUT2D eigenvalue weighted by molar-refractivity contribution is 1.11. The highest BCUT2D eigenvalue weighted by Gasteiger charge is 2.01. The zero-order chi connectivity index (χ0) is 10.6. The number of pyridine rings is 1. The van der Waals surface area contributed by atoms with Crippen LogP contribution < -0.4 is 0 Å². The highest BCUT2D eigenvalue weighted by molar-refractivity contribution is 6.05. The molecule has 0 saturated carbocycles. The molecule has 3 heteroatoms. The van der Waals surface area contributed by atoms with Crippen molar-refractivity contribution < 1.29 is 0 Å². The van der Waals surface area contributed by atoms with Crippen molar-refractivity contribution in [2.45, 2.75) is 20.3 Å². The maximum Gasteiger partial charge on any atom is 0.0440 e. The first-order valence-corrected chi connectivity index (χ1v) is 4.57. The highest BCUT2D eigenvalue weighted by atomic mass is 14.7. The van der Waals surface area contributed by atoms with Gasteiger partial charge in [-0.15, -0.1) is 0 Å². The predicted octanol–water partition coefficient (Wildman–Crippen LogP) is 2.16. The summed E-state index contributed by atoms with van der Waals surface area (Å²) in [4.78, 5) is 8.13. The lowest BCUT2D eigenvalue weighted by Crippen LogP contribution is -2.02. The first-order chi connectivity index (χ1) is 6.63. The van der Waals surface area contributed by atoms with E-state index < -0.39 is 0 Å². The van der Waals surface area contributed by atoms with Crippen LogP contribution >= 0.6 is 0 Å². The van der Waals surface area contributed by atoms with Crippen LogP contribution in [-0.2, 0) is 0 Å². The zero-order valence-electron chi connectivity index (χ0n) is 8.83. The van der Waals surface area contributed by atoms with E-state index in [1.807, 2.05) is 26.0 Å². The van der Waals surface area contributed by atoms with E-state index >= 15 is 0 Å². The van der Waals surface area contributed by atoms with Crippen molar-refractivity contribution in [3.8, 4) is 0 Å². The predicted molar refractivity (Wildman–Crippen MR) is 59.6 cm³/mol. The van der Waals surface area contributed by atoms with Gasteiger partial charge in [0, 0.05) is 36.8 Å². The number of aromatic nitrogens is 1. The Morgan fingerprint density at radius 3 is 2.50 bits per heavy atom. The normalized spacial score (nSPS) is 10.8. The smallest absolute Gasteiger partial charge is 0.0440 e. The summed E-state index contributed by atoms with van der Waals surface area (Å²) in [6.45, 7) is 3.88. The first-order valence-electron chi connectivity index (χ1n) is 4.57. The second-order valence-corrected chi connectivity index (χ2v) is 3.26. The maximum absolute atomic E-state index is 7.81. The van der Waals surface area contributed by atoms with E-state index in [1.165, 1.54) is 0 Å². The Kier molecular flexibility index (Phi) is 3.51. The number of hydrogen-bond donors (Lipinski definition) is 1. The van der Waals surface area contributed by atoms with Gasteiger partial charge in [0.05, 0.1) is 0 Å². The molecule has 74 valence electrons. The van der Waals surface area contributed by atoms with Crippen LogP contribution in [0, 0.1) is 19.3 Å². The molecule has 0 aliphatic rings. The van der Waals surface area contributed by atoms with Gasteiger partial charge in [0.1, 0.15) is 0 Å². The van der Waals surface area contributed by atoms with Gasteiger partial charge in [0.25, 0.3) is 0 Å². The molecule has 1 heterocycles. The van der Waals surface area contributed by atoms with Crippen molar-refractivity contribution in [2.24, 2.45) is 4.99 Å². The molecule has 0 aliphatic heterocycles. The molecule has 0 unspecified atom stereocenters. The summed E-state index contributed by atoms with van der Waals surface area (Å²) in [6.07, 6.45) is 2.33. The lowest BCUT2D eigenvalue weighted by Gasteiger charge is -2.03. The van der Waals surface area contributed by atoms with Gasteiger partial charge in [-0.2, -0.15) is 0 Å². The molecule has 0 bridgehead atoms. The Morgan fingerprint density at radius 2 is 2.00 bits per heavy atom. The van der Waals surface area contributed by atoms with Gasteiger partial charge >= 0.3 is 0 Å². The fourth-order valence-corrected chi connectivity index (χ4v) is 1.31. The van der Waals surface area contributed by atoms with Crippen molar-refractivity contribution in [3.05, 3.63) is 29.1 Å². The molecule has 0 aliphatic carbocycles. The minimum absolute atomic E-state index is 0.583. The van der Waals surface area contributed by atoms with E-state index in [4.69, 9.17) is 5.41 Å². The molecule has 0 aromatic carbocycles. The summed E-state index contributed by atoms with van der Waals surface area (Å²) >= 11 is 0. The van der Waals surface area contributed by atoms with Crippen molar-refractivity contribution in [3.63, 3.8) is 0 Å². The van der Waals surface area contributed by atoms with E-state index in [-0.39, 0.29) is 0 Å². The van der Waals surface area contributed by atoms with E-state index in [9.17, 15) is 0 Å². The SMILES string of the molecule is CN=CCC(=N)c1cc(C)nc(C)c1. The summed E-state index contributed by atoms with van der Waals surface area (Å²) in [5.41, 5.74) is 3.44. The molecule has 3 nitrogen and oxygen atoms in total. The summed E-state index contributed by atoms with van der Waals surface area (Å²) in [5, 5.41) is 7.81. The molecule has 1 aromatic rings. The number of nitrogens with one attached hydrogen (secondary N) is 1. The van der Waals surface area contributed by atoms with Crippen LogP contribution in [0.4, 0.5) is 0 Å². The number of hydrogen-bond acceptors (Lipinski definition) is 3. The monoisotopic (exact) mass is 189 g/mol. The van der Waals surface area contributed by atoms with Gasteiger partial charge in [-0.1, -0.05) is 0 Å². The van der Waals surface area contributed by atoms with E-state index in [2.05, 4.69) is 9.98 Å². The third kappa shape index (κ3) is 2.76. The molecule has 0 saturated heterocycles. The number of aryl methyl sites for hydroxylation is 2. The number of nitrogens with zero attached hydrogens (tertiary/aromatic N) is 2. The van der Waals surface area contributed by atoms with Crippen LogP contribution in [0.25, 0.3) is 0 Å². The zero-order valence-corrected chi connectivity index (χ0v) is 8.83. The fraction of sp³-hybridized carbons (Fsp3) is 0.364. The van der Waals surface area contributed by atoms with E-state index in [0.29, 0.717) is 12.1 Å². The molecule has 1 aromatic heterocycles. The molecule has 0 atom stereocenters. The van der Waals surface area contributed by atoms with Gasteiger partial charge < -0.3 is 10.4 Å². The van der Waals surface area contributed by atoms with E-state index in [1.54, 1.807) is 13.3 Å². The van der Waals surface area contributed by atoms with Crippen LogP contribution in [0.15, 0.2) is 17.1 Å². The molecule has 1 N–H and O–H groups in total. The van der Waals surface area contributed by atoms with E-state index in [0.717, 1.165) is 17.0 Å². The molecular formula is C11H15N3. The van der Waals surface area contributed by atoms with Gasteiger partial charge in [-0.05, 0) is 31.5 Å². The maximum atomic E-state index is 7.81. The molecule has 0 amide bonds. The molecule has 0 fully saturated rings. The quantitative estimate of drug-likeness (QED) is 0.728. The summed E-state index contributed by atoms with van der Waals surface area (Å²) in [7, 11) is 1.72. The summed E-state index contributed by atoms with van der Waals surface area (Å²) < 4.78 is 0. The van der Waals surface area contributed by atoms with Crippen molar-refractivity contribution in [1.29, 1.82) is 5.41 Å². The largest absolute Gasteiger partial charge is 0.304 e. The third-order valence-electron chi connectivity index (χ3n) is 1.91. The fourth-order valence-electron chi connectivity index (χ4n) is 1.31. The van der Waals surface area contributed by atoms with Gasteiger partial charge in [0.15, 0.2) is 0 Å². The van der Waals surface area contributed by atoms with Crippen molar-refractivity contribution in [2.75, 3.05) is 7.05 Å². The van der Waals surface area contributed by atoms with Crippen molar-refractivity contribution >= 4 is 11.9 Å². The second-order valence-electron chi connectivity index (χ2n) is 3.26. The summed E-state index contributed by atoms with van der Waals surface area (Å²) in [6, 6.07) is 3.86. The third-order valence-corrected chi connectivity index (χ3v) is 1.91. The minimum Gasteiger partial charge on any atom is -0.304 e.